The topological polar surface area (TPSA) is 47.9 Å². The molecule has 0 fully saturated rings. The van der Waals surface area contributed by atoms with Gasteiger partial charge in [0.15, 0.2) is 5.82 Å². The van der Waals surface area contributed by atoms with Crippen molar-refractivity contribution >= 4 is 10.9 Å². The van der Waals surface area contributed by atoms with Gasteiger partial charge < -0.3 is 4.74 Å². The van der Waals surface area contributed by atoms with Crippen LogP contribution in [0.15, 0.2) is 36.4 Å². The van der Waals surface area contributed by atoms with Crippen LogP contribution < -0.4 is 4.74 Å². The second kappa shape index (κ2) is 4.89. The number of para-hydroxylation sites is 1. The number of ether oxygens (including phenoxy) is 1. The summed E-state index contributed by atoms with van der Waals surface area (Å²) < 4.78 is 5.40. The van der Waals surface area contributed by atoms with Gasteiger partial charge in [0.2, 0.25) is 5.88 Å². The third-order valence-electron chi connectivity index (χ3n) is 3.11. The summed E-state index contributed by atoms with van der Waals surface area (Å²) in [5.41, 5.74) is 3.58. The van der Waals surface area contributed by atoms with E-state index < -0.39 is 0 Å². The molecule has 0 amide bonds. The summed E-state index contributed by atoms with van der Waals surface area (Å²) in [5.74, 6) is 1.20. The normalized spacial score (nSPS) is 10.8. The minimum absolute atomic E-state index is 0.550. The molecule has 0 spiro atoms. The number of nitrogens with zero attached hydrogens (tertiary/aromatic N) is 3. The summed E-state index contributed by atoms with van der Waals surface area (Å²) in [6.45, 7) is 3.91. The van der Waals surface area contributed by atoms with E-state index >= 15 is 0 Å². The highest BCUT2D eigenvalue weighted by molar-refractivity contribution is 5.84. The summed E-state index contributed by atoms with van der Waals surface area (Å²) in [4.78, 5) is 13.5. The van der Waals surface area contributed by atoms with E-state index in [1.54, 1.807) is 7.11 Å². The Bertz CT molecular complexity index is 764. The van der Waals surface area contributed by atoms with Crippen molar-refractivity contribution in [2.75, 3.05) is 7.11 Å². The number of hydrogen-bond acceptors (Lipinski definition) is 4. The Balaban J connectivity index is 2.28. The highest BCUT2D eigenvalue weighted by atomic mass is 16.5. The lowest BCUT2D eigenvalue weighted by Gasteiger charge is -2.09. The Morgan fingerprint density at radius 1 is 0.900 bits per heavy atom. The van der Waals surface area contributed by atoms with E-state index in [-0.39, 0.29) is 0 Å². The minimum Gasteiger partial charge on any atom is -0.480 e. The van der Waals surface area contributed by atoms with Crippen LogP contribution in [0.4, 0.5) is 0 Å². The molecule has 0 aliphatic heterocycles. The minimum atomic E-state index is 0.550. The van der Waals surface area contributed by atoms with Crippen molar-refractivity contribution in [1.29, 1.82) is 0 Å². The zero-order valence-corrected chi connectivity index (χ0v) is 11.7. The first-order valence-corrected chi connectivity index (χ1v) is 6.44. The number of hydrogen-bond donors (Lipinski definition) is 0. The molecule has 1 aromatic carbocycles. The van der Waals surface area contributed by atoms with Gasteiger partial charge >= 0.3 is 0 Å². The van der Waals surface area contributed by atoms with Crippen molar-refractivity contribution in [3.05, 3.63) is 47.8 Å². The fraction of sp³-hybridized carbons (Fsp3) is 0.188. The van der Waals surface area contributed by atoms with Crippen molar-refractivity contribution in [3.63, 3.8) is 0 Å². The summed E-state index contributed by atoms with van der Waals surface area (Å²) in [6.07, 6.45) is 0. The lowest BCUT2D eigenvalue weighted by atomic mass is 10.1. The van der Waals surface area contributed by atoms with Gasteiger partial charge in [-0.25, -0.2) is 15.0 Å². The van der Waals surface area contributed by atoms with E-state index in [1.807, 2.05) is 50.2 Å². The van der Waals surface area contributed by atoms with Gasteiger partial charge in [0.1, 0.15) is 0 Å². The Kier molecular flexibility index (Phi) is 3.06. The number of fused-ring (bicyclic) bond motifs is 1. The highest BCUT2D eigenvalue weighted by Crippen LogP contribution is 2.29. The molecule has 0 unspecified atom stereocenters. The maximum atomic E-state index is 5.40. The largest absolute Gasteiger partial charge is 0.480 e. The molecular formula is C16H15N3O. The molecule has 4 heteroatoms. The molecule has 3 rings (SSSR count). The van der Waals surface area contributed by atoms with Crippen LogP contribution in [0.1, 0.15) is 11.4 Å². The van der Waals surface area contributed by atoms with E-state index in [0.717, 1.165) is 27.9 Å². The summed E-state index contributed by atoms with van der Waals surface area (Å²) in [7, 11) is 1.61. The van der Waals surface area contributed by atoms with E-state index in [1.165, 1.54) is 0 Å². The quantitative estimate of drug-likeness (QED) is 0.713. The third kappa shape index (κ3) is 2.20. The Labute approximate surface area is 117 Å². The number of pyridine rings is 1. The van der Waals surface area contributed by atoms with Gasteiger partial charge in [0, 0.05) is 16.8 Å². The van der Waals surface area contributed by atoms with Crippen molar-refractivity contribution < 1.29 is 4.74 Å². The fourth-order valence-corrected chi connectivity index (χ4v) is 2.26. The first-order chi connectivity index (χ1) is 9.67. The standard InChI is InChI=1S/C16H15N3O/c1-10-8-11(2)18-15(17-10)13-9-12-6-4-5-7-14(12)19-16(13)20-3/h4-9H,1-3H3. The Hall–Kier alpha value is -2.49. The van der Waals surface area contributed by atoms with Crippen LogP contribution in [-0.4, -0.2) is 22.1 Å². The second-order valence-corrected chi connectivity index (χ2v) is 4.71. The van der Waals surface area contributed by atoms with Gasteiger partial charge in [-0.1, -0.05) is 18.2 Å². The highest BCUT2D eigenvalue weighted by Gasteiger charge is 2.12. The third-order valence-corrected chi connectivity index (χ3v) is 3.11. The average molecular weight is 265 g/mol. The van der Waals surface area contributed by atoms with E-state index in [2.05, 4.69) is 15.0 Å². The molecule has 0 bridgehead atoms. The van der Waals surface area contributed by atoms with Crippen molar-refractivity contribution in [3.8, 4) is 17.3 Å². The molecule has 2 aromatic heterocycles. The van der Waals surface area contributed by atoms with Crippen LogP contribution >= 0.6 is 0 Å². The van der Waals surface area contributed by atoms with Gasteiger partial charge in [-0.3, -0.25) is 0 Å². The fourth-order valence-electron chi connectivity index (χ4n) is 2.26. The molecule has 0 atom stereocenters. The second-order valence-electron chi connectivity index (χ2n) is 4.71. The van der Waals surface area contributed by atoms with Crippen LogP contribution in [-0.2, 0) is 0 Å². The van der Waals surface area contributed by atoms with E-state index in [0.29, 0.717) is 11.7 Å². The summed E-state index contributed by atoms with van der Waals surface area (Å²) in [6, 6.07) is 11.9. The van der Waals surface area contributed by atoms with Gasteiger partial charge in [-0.15, -0.1) is 0 Å². The first-order valence-electron chi connectivity index (χ1n) is 6.44. The van der Waals surface area contributed by atoms with Gasteiger partial charge in [0.25, 0.3) is 0 Å². The number of aromatic nitrogens is 3. The van der Waals surface area contributed by atoms with Crippen LogP contribution in [0, 0.1) is 13.8 Å². The molecule has 100 valence electrons. The van der Waals surface area contributed by atoms with Crippen LogP contribution in [0.3, 0.4) is 0 Å². The molecule has 2 heterocycles. The van der Waals surface area contributed by atoms with Crippen LogP contribution in [0.25, 0.3) is 22.3 Å². The molecule has 0 saturated carbocycles. The summed E-state index contributed by atoms with van der Waals surface area (Å²) >= 11 is 0. The number of benzene rings is 1. The maximum Gasteiger partial charge on any atom is 0.224 e. The SMILES string of the molecule is COc1nc2ccccc2cc1-c1nc(C)cc(C)n1. The molecule has 20 heavy (non-hydrogen) atoms. The van der Waals surface area contributed by atoms with Crippen LogP contribution in [0.2, 0.25) is 0 Å². The number of aryl methyl sites for hydroxylation is 2. The molecule has 0 aliphatic rings. The van der Waals surface area contributed by atoms with Crippen molar-refractivity contribution in [2.24, 2.45) is 0 Å². The van der Waals surface area contributed by atoms with Crippen molar-refractivity contribution in [2.45, 2.75) is 13.8 Å². The lowest BCUT2D eigenvalue weighted by Crippen LogP contribution is -1.98. The molecule has 0 aliphatic carbocycles. The average Bonchev–Trinajstić information content (AvgIpc) is 2.44. The van der Waals surface area contributed by atoms with Gasteiger partial charge in [-0.05, 0) is 32.0 Å². The smallest absolute Gasteiger partial charge is 0.224 e. The zero-order valence-electron chi connectivity index (χ0n) is 11.7. The summed E-state index contributed by atoms with van der Waals surface area (Å²) in [5, 5.41) is 1.05. The van der Waals surface area contributed by atoms with Gasteiger partial charge in [-0.2, -0.15) is 0 Å². The molecule has 0 saturated heterocycles. The van der Waals surface area contributed by atoms with Crippen molar-refractivity contribution in [1.82, 2.24) is 15.0 Å². The molecule has 3 aromatic rings. The molecular weight excluding hydrogens is 250 g/mol. The van der Waals surface area contributed by atoms with E-state index in [9.17, 15) is 0 Å². The number of rotatable bonds is 2. The Morgan fingerprint density at radius 2 is 1.60 bits per heavy atom. The molecule has 4 nitrogen and oxygen atoms in total. The number of methoxy groups -OCH3 is 1. The predicted octanol–water partition coefficient (Wildman–Crippen LogP) is 3.32. The van der Waals surface area contributed by atoms with Crippen LogP contribution in [0.5, 0.6) is 5.88 Å². The predicted molar refractivity (Wildman–Crippen MR) is 78.8 cm³/mol. The lowest BCUT2D eigenvalue weighted by molar-refractivity contribution is 0.401. The Morgan fingerprint density at radius 3 is 2.30 bits per heavy atom. The molecule has 0 radical (unpaired) electrons. The first kappa shape index (κ1) is 12.5. The monoisotopic (exact) mass is 265 g/mol. The maximum absolute atomic E-state index is 5.40. The molecule has 0 N–H and O–H groups in total. The van der Waals surface area contributed by atoms with Gasteiger partial charge in [0.05, 0.1) is 18.2 Å². The van der Waals surface area contributed by atoms with E-state index in [4.69, 9.17) is 4.74 Å². The zero-order chi connectivity index (χ0) is 14.1.